The smallest absolute Gasteiger partial charge is 0.189 e. The third-order valence-electron chi connectivity index (χ3n) is 3.75. The second kappa shape index (κ2) is 7.78. The van der Waals surface area contributed by atoms with Crippen LogP contribution >= 0.6 is 12.2 Å². The molecule has 2 aromatic rings. The lowest BCUT2D eigenvalue weighted by molar-refractivity contribution is 0.380. The monoisotopic (exact) mass is 341 g/mol. The molecule has 0 radical (unpaired) electrons. The van der Waals surface area contributed by atoms with Crippen molar-refractivity contribution in [3.05, 3.63) is 48.7 Å². The Bertz CT molecular complexity index is 697. The highest BCUT2D eigenvalue weighted by Crippen LogP contribution is 2.12. The quantitative estimate of drug-likeness (QED) is 0.512. The van der Waals surface area contributed by atoms with Crippen LogP contribution in [0.5, 0.6) is 0 Å². The highest BCUT2D eigenvalue weighted by atomic mass is 32.1. The molecule has 0 saturated carbocycles. The van der Waals surface area contributed by atoms with Gasteiger partial charge in [-0.1, -0.05) is 6.07 Å². The molecule has 0 atom stereocenters. The first-order valence-electron chi connectivity index (χ1n) is 7.76. The molecule has 3 heterocycles. The van der Waals surface area contributed by atoms with E-state index in [-0.39, 0.29) is 0 Å². The molecule has 2 aromatic heterocycles. The maximum Gasteiger partial charge on any atom is 0.189 e. The number of anilines is 1. The number of pyridine rings is 1. The fourth-order valence-corrected chi connectivity index (χ4v) is 2.65. The minimum absolute atomic E-state index is 0.591. The third kappa shape index (κ3) is 4.02. The minimum atomic E-state index is 0.591. The van der Waals surface area contributed by atoms with Gasteiger partial charge in [0, 0.05) is 44.8 Å². The van der Waals surface area contributed by atoms with Crippen LogP contribution in [-0.2, 0) is 0 Å². The van der Waals surface area contributed by atoms with Crippen LogP contribution < -0.4 is 10.3 Å². The van der Waals surface area contributed by atoms with Crippen molar-refractivity contribution >= 4 is 28.9 Å². The van der Waals surface area contributed by atoms with Crippen molar-refractivity contribution in [2.24, 2.45) is 5.10 Å². The fraction of sp³-hybridized carbons (Fsp3) is 0.312. The van der Waals surface area contributed by atoms with Crippen LogP contribution in [-0.4, -0.2) is 56.9 Å². The summed E-state index contributed by atoms with van der Waals surface area (Å²) in [7, 11) is 0. The normalized spacial score (nSPS) is 15.3. The molecular weight excluding hydrogens is 322 g/mol. The van der Waals surface area contributed by atoms with E-state index < -0.39 is 0 Å². The van der Waals surface area contributed by atoms with Crippen LogP contribution in [0.4, 0.5) is 5.82 Å². The molecule has 0 bridgehead atoms. The van der Waals surface area contributed by atoms with Gasteiger partial charge in [0.15, 0.2) is 10.9 Å². The van der Waals surface area contributed by atoms with E-state index in [2.05, 4.69) is 35.3 Å². The second-order valence-electron chi connectivity index (χ2n) is 5.35. The van der Waals surface area contributed by atoms with Gasteiger partial charge in [-0.3, -0.25) is 5.43 Å². The zero-order chi connectivity index (χ0) is 16.8. The fourth-order valence-electron chi connectivity index (χ4n) is 2.42. The Kier molecular flexibility index (Phi) is 5.27. The van der Waals surface area contributed by atoms with Gasteiger partial charge in [-0.25, -0.2) is 15.0 Å². The van der Waals surface area contributed by atoms with E-state index in [4.69, 9.17) is 12.2 Å². The van der Waals surface area contributed by atoms with Crippen molar-refractivity contribution in [1.29, 1.82) is 0 Å². The topological polar surface area (TPSA) is 69.5 Å². The number of aromatic nitrogens is 3. The van der Waals surface area contributed by atoms with Crippen molar-refractivity contribution in [2.75, 3.05) is 31.1 Å². The van der Waals surface area contributed by atoms with E-state index in [0.717, 1.165) is 32.0 Å². The zero-order valence-electron chi connectivity index (χ0n) is 13.5. The van der Waals surface area contributed by atoms with Gasteiger partial charge in [0.2, 0.25) is 0 Å². The first kappa shape index (κ1) is 16.3. The summed E-state index contributed by atoms with van der Waals surface area (Å²) in [6, 6.07) is 7.73. The van der Waals surface area contributed by atoms with E-state index in [1.54, 1.807) is 18.5 Å². The lowest BCUT2D eigenvalue weighted by Crippen LogP contribution is -2.51. The van der Waals surface area contributed by atoms with Gasteiger partial charge < -0.3 is 9.80 Å². The lowest BCUT2D eigenvalue weighted by atomic mass is 10.3. The van der Waals surface area contributed by atoms with Crippen LogP contribution in [0.15, 0.2) is 48.0 Å². The van der Waals surface area contributed by atoms with E-state index in [1.165, 1.54) is 0 Å². The Hall–Kier alpha value is -2.61. The molecule has 1 saturated heterocycles. The molecule has 7 nitrogen and oxygen atoms in total. The van der Waals surface area contributed by atoms with Crippen molar-refractivity contribution in [3.63, 3.8) is 0 Å². The number of nitrogens with one attached hydrogen (secondary N) is 1. The summed E-state index contributed by atoms with van der Waals surface area (Å²) in [5, 5.41) is 4.90. The maximum atomic E-state index is 5.43. The zero-order valence-corrected chi connectivity index (χ0v) is 14.3. The highest BCUT2D eigenvalue weighted by molar-refractivity contribution is 7.80. The molecule has 3 rings (SSSR count). The lowest BCUT2D eigenvalue weighted by Gasteiger charge is -2.36. The summed E-state index contributed by atoms with van der Waals surface area (Å²) in [6.07, 6.45) is 5.20. The largest absolute Gasteiger partial charge is 0.353 e. The predicted molar refractivity (Wildman–Crippen MR) is 98.0 cm³/mol. The Balaban J connectivity index is 1.52. The van der Waals surface area contributed by atoms with Crippen molar-refractivity contribution in [3.8, 4) is 0 Å². The minimum Gasteiger partial charge on any atom is -0.353 e. The molecule has 1 aliphatic heterocycles. The van der Waals surface area contributed by atoms with Gasteiger partial charge in [-0.2, -0.15) is 5.10 Å². The van der Waals surface area contributed by atoms with Crippen LogP contribution in [0.3, 0.4) is 0 Å². The van der Waals surface area contributed by atoms with Gasteiger partial charge in [0.05, 0.1) is 0 Å². The maximum absolute atomic E-state index is 5.43. The highest BCUT2D eigenvalue weighted by Gasteiger charge is 2.19. The van der Waals surface area contributed by atoms with Crippen LogP contribution in [0, 0.1) is 0 Å². The summed E-state index contributed by atoms with van der Waals surface area (Å²) in [5.74, 6) is 1.60. The Labute approximate surface area is 146 Å². The Morgan fingerprint density at radius 1 is 1.04 bits per heavy atom. The average molecular weight is 341 g/mol. The SMILES string of the molecule is C/C(=N/NC(=S)N1CCN(c2ccccn2)CC1)c1ncccn1. The molecule has 0 unspecified atom stereocenters. The Morgan fingerprint density at radius 2 is 1.75 bits per heavy atom. The number of hydrogen-bond acceptors (Lipinski definition) is 6. The van der Waals surface area contributed by atoms with Crippen molar-refractivity contribution < 1.29 is 0 Å². The van der Waals surface area contributed by atoms with Crippen molar-refractivity contribution in [2.45, 2.75) is 6.92 Å². The first-order valence-corrected chi connectivity index (χ1v) is 8.17. The summed E-state index contributed by atoms with van der Waals surface area (Å²) < 4.78 is 0. The number of nitrogens with zero attached hydrogens (tertiary/aromatic N) is 6. The predicted octanol–water partition coefficient (Wildman–Crippen LogP) is 1.29. The van der Waals surface area contributed by atoms with Crippen LogP contribution in [0.1, 0.15) is 12.7 Å². The molecule has 24 heavy (non-hydrogen) atoms. The Morgan fingerprint density at radius 3 is 2.42 bits per heavy atom. The molecule has 1 aliphatic rings. The van der Waals surface area contributed by atoms with E-state index in [9.17, 15) is 0 Å². The van der Waals surface area contributed by atoms with Gasteiger partial charge in [0.25, 0.3) is 0 Å². The number of rotatable bonds is 3. The molecule has 0 aromatic carbocycles. The average Bonchev–Trinajstić information content (AvgIpc) is 2.67. The molecular formula is C16H19N7S. The summed E-state index contributed by atoms with van der Waals surface area (Å²) in [5.41, 5.74) is 3.64. The van der Waals surface area contributed by atoms with Crippen molar-refractivity contribution in [1.82, 2.24) is 25.3 Å². The number of piperazine rings is 1. The van der Waals surface area contributed by atoms with E-state index in [1.807, 2.05) is 31.3 Å². The molecule has 0 spiro atoms. The summed E-state index contributed by atoms with van der Waals surface area (Å²) >= 11 is 5.43. The van der Waals surface area contributed by atoms with Gasteiger partial charge in [-0.05, 0) is 37.3 Å². The van der Waals surface area contributed by atoms with Crippen LogP contribution in [0.2, 0.25) is 0 Å². The molecule has 0 aliphatic carbocycles. The molecule has 1 fully saturated rings. The summed E-state index contributed by atoms with van der Waals surface area (Å²) in [4.78, 5) is 17.1. The van der Waals surface area contributed by atoms with Gasteiger partial charge in [-0.15, -0.1) is 0 Å². The van der Waals surface area contributed by atoms with Gasteiger partial charge >= 0.3 is 0 Å². The molecule has 124 valence electrons. The molecule has 1 N–H and O–H groups in total. The standard InChI is InChI=1S/C16H19N7S/c1-13(15-18-7-4-8-19-15)20-21-16(24)23-11-9-22(10-12-23)14-5-2-3-6-17-14/h2-8H,9-12H2,1H3,(H,21,24)/b20-13-. The number of hydrazone groups is 1. The van der Waals surface area contributed by atoms with E-state index in [0.29, 0.717) is 16.6 Å². The molecule has 0 amide bonds. The number of hydrogen-bond donors (Lipinski definition) is 1. The first-order chi connectivity index (χ1) is 11.7. The van der Waals surface area contributed by atoms with Gasteiger partial charge in [0.1, 0.15) is 11.5 Å². The second-order valence-corrected chi connectivity index (χ2v) is 5.74. The number of thiocarbonyl (C=S) groups is 1. The van der Waals surface area contributed by atoms with Crippen LogP contribution in [0.25, 0.3) is 0 Å². The molecule has 8 heteroatoms. The van der Waals surface area contributed by atoms with E-state index >= 15 is 0 Å². The summed E-state index contributed by atoms with van der Waals surface area (Å²) in [6.45, 7) is 5.27. The third-order valence-corrected chi connectivity index (χ3v) is 4.10.